The van der Waals surface area contributed by atoms with Crippen LogP contribution < -0.4 is 5.73 Å². The van der Waals surface area contributed by atoms with Gasteiger partial charge in [-0.05, 0) is 36.0 Å². The van der Waals surface area contributed by atoms with Crippen molar-refractivity contribution >= 4 is 15.9 Å². The third-order valence-electron chi connectivity index (χ3n) is 4.04. The van der Waals surface area contributed by atoms with E-state index in [4.69, 9.17) is 5.73 Å². The van der Waals surface area contributed by atoms with E-state index in [2.05, 4.69) is 63.8 Å². The highest BCUT2D eigenvalue weighted by atomic mass is 79.9. The second kappa shape index (κ2) is 5.01. The molecule has 0 radical (unpaired) electrons. The van der Waals surface area contributed by atoms with Crippen LogP contribution in [0.15, 0.2) is 34.9 Å². The molecule has 1 aliphatic carbocycles. The minimum Gasteiger partial charge on any atom is -0.324 e. The molecule has 3 nitrogen and oxygen atoms in total. The van der Waals surface area contributed by atoms with Gasteiger partial charge >= 0.3 is 0 Å². The number of hydrogen-bond acceptors (Lipinski definition) is 2. The van der Waals surface area contributed by atoms with Gasteiger partial charge in [0.2, 0.25) is 0 Å². The Morgan fingerprint density at radius 1 is 1.35 bits per heavy atom. The maximum atomic E-state index is 6.29. The van der Waals surface area contributed by atoms with Gasteiger partial charge < -0.3 is 5.73 Å². The molecule has 0 saturated carbocycles. The molecule has 1 aromatic carbocycles. The summed E-state index contributed by atoms with van der Waals surface area (Å²) >= 11 is 3.47. The Hall–Kier alpha value is -1.13. The topological polar surface area (TPSA) is 43.8 Å². The number of hydrogen-bond donors (Lipinski definition) is 1. The molecule has 0 spiro atoms. The summed E-state index contributed by atoms with van der Waals surface area (Å²) in [7, 11) is 0. The Morgan fingerprint density at radius 3 is 2.75 bits per heavy atom. The smallest absolute Gasteiger partial charge is 0.0662 e. The van der Waals surface area contributed by atoms with Crippen molar-refractivity contribution in [2.75, 3.05) is 0 Å². The Balaban J connectivity index is 1.91. The number of nitrogens with zero attached hydrogens (tertiary/aromatic N) is 2. The van der Waals surface area contributed by atoms with Gasteiger partial charge in [0.25, 0.3) is 0 Å². The van der Waals surface area contributed by atoms with Crippen molar-refractivity contribution in [3.8, 4) is 0 Å². The lowest BCUT2D eigenvalue weighted by atomic mass is 9.75. The minimum absolute atomic E-state index is 0.118. The molecule has 3 rings (SSSR count). The highest BCUT2D eigenvalue weighted by molar-refractivity contribution is 9.10. The van der Waals surface area contributed by atoms with Crippen molar-refractivity contribution in [2.45, 2.75) is 39.3 Å². The molecule has 1 heterocycles. The van der Waals surface area contributed by atoms with Gasteiger partial charge in [-0.2, -0.15) is 5.10 Å². The predicted octanol–water partition coefficient (Wildman–Crippen LogP) is 3.67. The predicted molar refractivity (Wildman–Crippen MR) is 84.5 cm³/mol. The standard InChI is InChI=1S/C16H20BrN3/c1-16(2)7-14(18)13-9-19-20(15(13)8-16)10-11-3-5-12(17)6-4-11/h3-6,9,14H,7-8,10,18H2,1-2H3. The van der Waals surface area contributed by atoms with Crippen molar-refractivity contribution in [3.05, 3.63) is 51.8 Å². The van der Waals surface area contributed by atoms with E-state index in [1.165, 1.54) is 16.8 Å². The van der Waals surface area contributed by atoms with Crippen LogP contribution in [0.25, 0.3) is 0 Å². The zero-order chi connectivity index (χ0) is 14.3. The molecule has 106 valence electrons. The SMILES string of the molecule is CC1(C)Cc2c(cnn2Cc2ccc(Br)cc2)C(N)C1. The number of aromatic nitrogens is 2. The third kappa shape index (κ3) is 2.67. The van der Waals surface area contributed by atoms with E-state index in [1.807, 2.05) is 6.20 Å². The van der Waals surface area contributed by atoms with E-state index in [0.717, 1.165) is 23.9 Å². The largest absolute Gasteiger partial charge is 0.324 e. The number of nitrogens with two attached hydrogens (primary N) is 1. The van der Waals surface area contributed by atoms with E-state index >= 15 is 0 Å². The summed E-state index contributed by atoms with van der Waals surface area (Å²) < 4.78 is 3.21. The first-order valence-corrected chi connectivity index (χ1v) is 7.78. The highest BCUT2D eigenvalue weighted by Gasteiger charge is 2.33. The van der Waals surface area contributed by atoms with Crippen LogP contribution in [-0.2, 0) is 13.0 Å². The maximum Gasteiger partial charge on any atom is 0.0662 e. The summed E-state index contributed by atoms with van der Waals surface area (Å²) in [5.41, 5.74) is 10.3. The quantitative estimate of drug-likeness (QED) is 0.911. The normalized spacial score (nSPS) is 20.7. The van der Waals surface area contributed by atoms with Gasteiger partial charge in [-0.3, -0.25) is 4.68 Å². The lowest BCUT2D eigenvalue weighted by Crippen LogP contribution is -2.30. The Kier molecular flexibility index (Phi) is 3.46. The average molecular weight is 334 g/mol. The summed E-state index contributed by atoms with van der Waals surface area (Å²) in [6.45, 7) is 5.38. The highest BCUT2D eigenvalue weighted by Crippen LogP contribution is 2.39. The summed E-state index contributed by atoms with van der Waals surface area (Å²) in [5, 5.41) is 4.56. The number of halogens is 1. The van der Waals surface area contributed by atoms with E-state index in [0.29, 0.717) is 0 Å². The van der Waals surface area contributed by atoms with Crippen molar-refractivity contribution in [3.63, 3.8) is 0 Å². The van der Waals surface area contributed by atoms with Gasteiger partial charge in [-0.15, -0.1) is 0 Å². The molecule has 1 atom stereocenters. The molecule has 2 aromatic rings. The molecule has 0 aliphatic heterocycles. The molecule has 1 unspecified atom stereocenters. The van der Waals surface area contributed by atoms with Gasteiger partial charge in [-0.1, -0.05) is 41.9 Å². The molecule has 0 bridgehead atoms. The first-order chi connectivity index (χ1) is 9.44. The van der Waals surface area contributed by atoms with Crippen molar-refractivity contribution in [1.82, 2.24) is 9.78 Å². The second-order valence-electron chi connectivity index (χ2n) is 6.48. The number of fused-ring (bicyclic) bond motifs is 1. The van der Waals surface area contributed by atoms with E-state index in [-0.39, 0.29) is 11.5 Å². The first-order valence-electron chi connectivity index (χ1n) is 6.99. The van der Waals surface area contributed by atoms with Gasteiger partial charge in [0, 0.05) is 21.8 Å². The molecule has 0 fully saturated rings. The zero-order valence-corrected chi connectivity index (χ0v) is 13.5. The lowest BCUT2D eigenvalue weighted by molar-refractivity contribution is 0.275. The van der Waals surface area contributed by atoms with Crippen LogP contribution in [0.4, 0.5) is 0 Å². The average Bonchev–Trinajstić information content (AvgIpc) is 2.74. The van der Waals surface area contributed by atoms with Crippen LogP contribution in [-0.4, -0.2) is 9.78 Å². The fourth-order valence-corrected chi connectivity index (χ4v) is 3.32. The van der Waals surface area contributed by atoms with Gasteiger partial charge in [0.1, 0.15) is 0 Å². The summed E-state index contributed by atoms with van der Waals surface area (Å²) in [5.74, 6) is 0. The van der Waals surface area contributed by atoms with E-state index < -0.39 is 0 Å². The molecule has 0 amide bonds. The van der Waals surface area contributed by atoms with Gasteiger partial charge in [0.05, 0.1) is 12.7 Å². The molecule has 1 aromatic heterocycles. The van der Waals surface area contributed by atoms with Crippen LogP contribution in [0.3, 0.4) is 0 Å². The van der Waals surface area contributed by atoms with Crippen molar-refractivity contribution in [2.24, 2.45) is 11.1 Å². The molecule has 1 aliphatic rings. The van der Waals surface area contributed by atoms with Crippen molar-refractivity contribution < 1.29 is 0 Å². The lowest BCUT2D eigenvalue weighted by Gasteiger charge is -2.33. The monoisotopic (exact) mass is 333 g/mol. The Morgan fingerprint density at radius 2 is 2.05 bits per heavy atom. The Bertz CT molecular complexity index is 613. The summed E-state index contributed by atoms with van der Waals surface area (Å²) in [6, 6.07) is 8.52. The molecule has 2 N–H and O–H groups in total. The summed E-state index contributed by atoms with van der Waals surface area (Å²) in [6.07, 6.45) is 4.03. The third-order valence-corrected chi connectivity index (χ3v) is 4.57. The molecule has 4 heteroatoms. The van der Waals surface area contributed by atoms with Crippen LogP contribution in [0.2, 0.25) is 0 Å². The van der Waals surface area contributed by atoms with Crippen LogP contribution >= 0.6 is 15.9 Å². The fraction of sp³-hybridized carbons (Fsp3) is 0.438. The van der Waals surface area contributed by atoms with Gasteiger partial charge in [0.15, 0.2) is 0 Å². The first kappa shape index (κ1) is 13.8. The second-order valence-corrected chi connectivity index (χ2v) is 7.40. The van der Waals surface area contributed by atoms with Crippen LogP contribution in [0, 0.1) is 5.41 Å². The maximum absolute atomic E-state index is 6.29. The number of benzene rings is 1. The van der Waals surface area contributed by atoms with Crippen LogP contribution in [0.5, 0.6) is 0 Å². The number of rotatable bonds is 2. The molecule has 0 saturated heterocycles. The fourth-order valence-electron chi connectivity index (χ4n) is 3.06. The minimum atomic E-state index is 0.118. The van der Waals surface area contributed by atoms with Crippen LogP contribution in [0.1, 0.15) is 43.1 Å². The summed E-state index contributed by atoms with van der Waals surface area (Å²) in [4.78, 5) is 0. The molecular weight excluding hydrogens is 314 g/mol. The zero-order valence-electron chi connectivity index (χ0n) is 11.9. The van der Waals surface area contributed by atoms with Crippen molar-refractivity contribution in [1.29, 1.82) is 0 Å². The van der Waals surface area contributed by atoms with Gasteiger partial charge in [-0.25, -0.2) is 0 Å². The molecule has 20 heavy (non-hydrogen) atoms. The molecular formula is C16H20BrN3. The Labute approximate surface area is 128 Å². The van der Waals surface area contributed by atoms with E-state index in [9.17, 15) is 0 Å². The van der Waals surface area contributed by atoms with E-state index in [1.54, 1.807) is 0 Å².